The number of Topliss-reactive ketones (excluding diaryl/α,β-unsaturated/α-hetero) is 1. The van der Waals surface area contributed by atoms with Gasteiger partial charge in [0.15, 0.2) is 5.78 Å². The van der Waals surface area contributed by atoms with E-state index < -0.39 is 0 Å². The Hall–Kier alpha value is -0.570. The van der Waals surface area contributed by atoms with E-state index in [0.29, 0.717) is 22.0 Å². The van der Waals surface area contributed by atoms with Gasteiger partial charge in [-0.3, -0.25) is 4.79 Å². The van der Waals surface area contributed by atoms with E-state index in [1.807, 2.05) is 0 Å². The van der Waals surface area contributed by atoms with Crippen molar-refractivity contribution in [2.24, 2.45) is 5.92 Å². The molecule has 0 spiro atoms. The number of nitrogens with zero attached hydrogens (tertiary/aromatic N) is 1. The number of benzene rings is 1. The van der Waals surface area contributed by atoms with Crippen LogP contribution in [0.15, 0.2) is 18.2 Å². The van der Waals surface area contributed by atoms with Gasteiger partial charge in [-0.15, -0.1) is 0 Å². The van der Waals surface area contributed by atoms with E-state index in [0.717, 1.165) is 25.6 Å². The SMILES string of the molecule is CCN(CCC(=O)c1cccc(Cl)c1Cl)CC1CC1. The first kappa shape index (κ1) is 14.8. The summed E-state index contributed by atoms with van der Waals surface area (Å²) in [6.45, 7) is 5.05. The molecule has 19 heavy (non-hydrogen) atoms. The minimum Gasteiger partial charge on any atom is -0.303 e. The standard InChI is InChI=1S/C15H19Cl2NO/c1-2-18(10-11-6-7-11)9-8-14(19)12-4-3-5-13(16)15(12)17/h3-5,11H,2,6-10H2,1H3. The summed E-state index contributed by atoms with van der Waals surface area (Å²) in [7, 11) is 0. The van der Waals surface area contributed by atoms with Gasteiger partial charge in [-0.25, -0.2) is 0 Å². The number of hydrogen-bond donors (Lipinski definition) is 0. The molecule has 0 bridgehead atoms. The zero-order valence-electron chi connectivity index (χ0n) is 11.2. The van der Waals surface area contributed by atoms with Gasteiger partial charge in [-0.2, -0.15) is 0 Å². The van der Waals surface area contributed by atoms with Crippen LogP contribution in [0.1, 0.15) is 36.5 Å². The molecule has 2 rings (SSSR count). The first-order chi connectivity index (χ1) is 9.11. The second-order valence-corrected chi connectivity index (χ2v) is 5.90. The van der Waals surface area contributed by atoms with E-state index in [1.54, 1.807) is 18.2 Å². The fourth-order valence-electron chi connectivity index (χ4n) is 2.16. The molecule has 0 saturated heterocycles. The molecule has 0 unspecified atom stereocenters. The molecule has 104 valence electrons. The highest BCUT2D eigenvalue weighted by molar-refractivity contribution is 6.43. The van der Waals surface area contributed by atoms with Gasteiger partial charge in [0.2, 0.25) is 0 Å². The fraction of sp³-hybridized carbons (Fsp3) is 0.533. The Morgan fingerprint density at radius 1 is 1.37 bits per heavy atom. The normalized spacial score (nSPS) is 14.9. The third-order valence-corrected chi connectivity index (χ3v) is 4.39. The predicted molar refractivity (Wildman–Crippen MR) is 80.2 cm³/mol. The molecule has 0 atom stereocenters. The van der Waals surface area contributed by atoms with Gasteiger partial charge < -0.3 is 4.90 Å². The monoisotopic (exact) mass is 299 g/mol. The molecular formula is C15H19Cl2NO. The van der Waals surface area contributed by atoms with Crippen LogP contribution in [0, 0.1) is 5.92 Å². The lowest BCUT2D eigenvalue weighted by molar-refractivity contribution is 0.0964. The second kappa shape index (κ2) is 6.74. The quantitative estimate of drug-likeness (QED) is 0.700. The zero-order valence-corrected chi connectivity index (χ0v) is 12.7. The van der Waals surface area contributed by atoms with Gasteiger partial charge >= 0.3 is 0 Å². The molecule has 0 heterocycles. The Morgan fingerprint density at radius 2 is 2.11 bits per heavy atom. The molecule has 0 radical (unpaired) electrons. The van der Waals surface area contributed by atoms with Crippen LogP contribution >= 0.6 is 23.2 Å². The van der Waals surface area contributed by atoms with Crippen molar-refractivity contribution >= 4 is 29.0 Å². The van der Waals surface area contributed by atoms with Gasteiger partial charge in [0.05, 0.1) is 10.0 Å². The van der Waals surface area contributed by atoms with E-state index in [-0.39, 0.29) is 5.78 Å². The Morgan fingerprint density at radius 3 is 2.74 bits per heavy atom. The minimum absolute atomic E-state index is 0.0711. The van der Waals surface area contributed by atoms with Crippen LogP contribution in [0.5, 0.6) is 0 Å². The number of hydrogen-bond acceptors (Lipinski definition) is 2. The Balaban J connectivity index is 1.90. The van der Waals surface area contributed by atoms with E-state index in [9.17, 15) is 4.79 Å². The van der Waals surface area contributed by atoms with Crippen molar-refractivity contribution in [3.8, 4) is 0 Å². The third-order valence-electron chi connectivity index (χ3n) is 3.57. The van der Waals surface area contributed by atoms with E-state index in [1.165, 1.54) is 12.8 Å². The largest absolute Gasteiger partial charge is 0.303 e. The van der Waals surface area contributed by atoms with E-state index in [4.69, 9.17) is 23.2 Å². The molecule has 4 heteroatoms. The summed E-state index contributed by atoms with van der Waals surface area (Å²) < 4.78 is 0. The molecule has 1 aromatic rings. The number of halogens is 2. The van der Waals surface area contributed by atoms with Gasteiger partial charge in [0, 0.05) is 25.1 Å². The molecule has 1 aliphatic carbocycles. The summed E-state index contributed by atoms with van der Waals surface area (Å²) in [6.07, 6.45) is 3.18. The molecule has 1 aliphatic rings. The minimum atomic E-state index is 0.0711. The predicted octanol–water partition coefficient (Wildman–Crippen LogP) is 4.30. The van der Waals surface area contributed by atoms with Crippen molar-refractivity contribution in [1.29, 1.82) is 0 Å². The molecule has 1 aromatic carbocycles. The van der Waals surface area contributed by atoms with Crippen molar-refractivity contribution in [2.75, 3.05) is 19.6 Å². The van der Waals surface area contributed by atoms with E-state index >= 15 is 0 Å². The average molecular weight is 300 g/mol. The lowest BCUT2D eigenvalue weighted by atomic mass is 10.1. The highest BCUT2D eigenvalue weighted by Gasteiger charge is 2.24. The molecule has 0 aromatic heterocycles. The summed E-state index contributed by atoms with van der Waals surface area (Å²) in [5, 5.41) is 0.817. The van der Waals surface area contributed by atoms with Crippen LogP contribution in [-0.4, -0.2) is 30.3 Å². The molecule has 1 saturated carbocycles. The number of rotatable bonds is 7. The Kier molecular flexibility index (Phi) is 5.26. The first-order valence-electron chi connectivity index (χ1n) is 6.81. The van der Waals surface area contributed by atoms with Crippen LogP contribution < -0.4 is 0 Å². The van der Waals surface area contributed by atoms with E-state index in [2.05, 4.69) is 11.8 Å². The fourth-order valence-corrected chi connectivity index (χ4v) is 2.56. The van der Waals surface area contributed by atoms with Gasteiger partial charge in [0.25, 0.3) is 0 Å². The van der Waals surface area contributed by atoms with Crippen molar-refractivity contribution in [3.63, 3.8) is 0 Å². The Labute approximate surface area is 124 Å². The summed E-state index contributed by atoms with van der Waals surface area (Å²) in [6, 6.07) is 5.21. The Bertz CT molecular complexity index is 457. The molecular weight excluding hydrogens is 281 g/mol. The lowest BCUT2D eigenvalue weighted by Crippen LogP contribution is -2.28. The summed E-state index contributed by atoms with van der Waals surface area (Å²) >= 11 is 12.0. The molecule has 0 amide bonds. The van der Waals surface area contributed by atoms with Crippen LogP contribution in [0.4, 0.5) is 0 Å². The van der Waals surface area contributed by atoms with Crippen molar-refractivity contribution in [1.82, 2.24) is 4.90 Å². The highest BCUT2D eigenvalue weighted by Crippen LogP contribution is 2.30. The maximum Gasteiger partial charge on any atom is 0.165 e. The number of carbonyl (C=O) groups excluding carboxylic acids is 1. The maximum atomic E-state index is 12.2. The molecule has 0 aliphatic heterocycles. The molecule has 2 nitrogen and oxygen atoms in total. The van der Waals surface area contributed by atoms with Crippen molar-refractivity contribution < 1.29 is 4.79 Å². The third kappa shape index (κ3) is 4.20. The van der Waals surface area contributed by atoms with Crippen molar-refractivity contribution in [3.05, 3.63) is 33.8 Å². The number of ketones is 1. The van der Waals surface area contributed by atoms with Crippen LogP contribution in [-0.2, 0) is 0 Å². The topological polar surface area (TPSA) is 20.3 Å². The summed E-state index contributed by atoms with van der Waals surface area (Å²) in [5.74, 6) is 0.923. The van der Waals surface area contributed by atoms with Crippen LogP contribution in [0.3, 0.4) is 0 Å². The maximum absolute atomic E-state index is 12.2. The summed E-state index contributed by atoms with van der Waals surface area (Å²) in [5.41, 5.74) is 0.539. The first-order valence-corrected chi connectivity index (χ1v) is 7.57. The molecule has 0 N–H and O–H groups in total. The van der Waals surface area contributed by atoms with Gasteiger partial charge in [0.1, 0.15) is 0 Å². The zero-order chi connectivity index (χ0) is 13.8. The average Bonchev–Trinajstić information content (AvgIpc) is 3.21. The lowest BCUT2D eigenvalue weighted by Gasteiger charge is -2.19. The van der Waals surface area contributed by atoms with Crippen LogP contribution in [0.25, 0.3) is 0 Å². The van der Waals surface area contributed by atoms with Crippen LogP contribution in [0.2, 0.25) is 10.0 Å². The smallest absolute Gasteiger partial charge is 0.165 e. The number of carbonyl (C=O) groups is 1. The summed E-state index contributed by atoms with van der Waals surface area (Å²) in [4.78, 5) is 14.5. The van der Waals surface area contributed by atoms with Crippen molar-refractivity contribution in [2.45, 2.75) is 26.2 Å². The second-order valence-electron chi connectivity index (χ2n) is 5.11. The molecule has 1 fully saturated rings. The van der Waals surface area contributed by atoms with Gasteiger partial charge in [-0.05, 0) is 37.4 Å². The highest BCUT2D eigenvalue weighted by atomic mass is 35.5. The van der Waals surface area contributed by atoms with Gasteiger partial charge in [-0.1, -0.05) is 36.2 Å².